The van der Waals surface area contributed by atoms with Crippen molar-refractivity contribution in [2.24, 2.45) is 0 Å². The molecular formula is C30H34ClN3O4. The monoisotopic (exact) mass is 535 g/mol. The molecule has 8 heteroatoms. The molecule has 1 amide bonds. The third kappa shape index (κ3) is 7.00. The van der Waals surface area contributed by atoms with Crippen molar-refractivity contribution in [3.63, 3.8) is 0 Å². The molecule has 200 valence electrons. The van der Waals surface area contributed by atoms with E-state index in [1.54, 1.807) is 36.3 Å². The average Bonchev–Trinajstić information content (AvgIpc) is 2.91. The largest absolute Gasteiger partial charge is 0.497 e. The summed E-state index contributed by atoms with van der Waals surface area (Å²) >= 11 is 6.29. The summed E-state index contributed by atoms with van der Waals surface area (Å²) in [4.78, 5) is 17.3. The highest BCUT2D eigenvalue weighted by Gasteiger charge is 2.30. The van der Waals surface area contributed by atoms with Gasteiger partial charge in [0.25, 0.3) is 0 Å². The maximum absolute atomic E-state index is 13.5. The number of carbonyl (C=O) groups excluding carboxylic acids is 1. The van der Waals surface area contributed by atoms with E-state index in [1.165, 1.54) is 0 Å². The maximum Gasteiger partial charge on any atom is 0.417 e. The Balaban J connectivity index is 1.59. The lowest BCUT2D eigenvalue weighted by molar-refractivity contribution is 0.138. The number of anilines is 1. The third-order valence-electron chi connectivity index (χ3n) is 6.33. The minimum Gasteiger partial charge on any atom is -0.497 e. The minimum absolute atomic E-state index is 0.403. The second-order valence-electron chi connectivity index (χ2n) is 9.40. The van der Waals surface area contributed by atoms with Gasteiger partial charge in [-0.15, -0.1) is 0 Å². The van der Waals surface area contributed by atoms with Gasteiger partial charge in [-0.3, -0.25) is 4.90 Å². The number of amides is 1. The van der Waals surface area contributed by atoms with Crippen LogP contribution in [0, 0.1) is 0 Å². The molecule has 3 aromatic carbocycles. The van der Waals surface area contributed by atoms with Gasteiger partial charge < -0.3 is 24.4 Å². The molecule has 0 spiro atoms. The lowest BCUT2D eigenvalue weighted by Crippen LogP contribution is -2.42. The fourth-order valence-corrected chi connectivity index (χ4v) is 4.43. The van der Waals surface area contributed by atoms with E-state index in [2.05, 4.69) is 16.8 Å². The van der Waals surface area contributed by atoms with Crippen molar-refractivity contribution in [1.82, 2.24) is 9.80 Å². The van der Waals surface area contributed by atoms with Crippen LogP contribution in [0.15, 0.2) is 73.3 Å². The number of rotatable bonds is 8. The van der Waals surface area contributed by atoms with Gasteiger partial charge in [0.2, 0.25) is 0 Å². The van der Waals surface area contributed by atoms with Crippen LogP contribution in [0.1, 0.15) is 30.1 Å². The minimum atomic E-state index is -0.489. The molecule has 0 radical (unpaired) electrons. The molecule has 0 fully saturated rings. The van der Waals surface area contributed by atoms with Crippen molar-refractivity contribution >= 4 is 29.0 Å². The number of hydrogen-bond acceptors (Lipinski definition) is 6. The molecule has 4 rings (SSSR count). The SMILES string of the molecule is C=C1CCN(C(=O)Oc2ccc(OC)cc2)C(c2ccc(OCCCN(C)C)cc2)Nc2ccc(Cl)cc21. The predicted molar refractivity (Wildman–Crippen MR) is 152 cm³/mol. The molecule has 3 aromatic rings. The summed E-state index contributed by atoms with van der Waals surface area (Å²) in [5.41, 5.74) is 3.56. The van der Waals surface area contributed by atoms with E-state index in [0.717, 1.165) is 41.1 Å². The van der Waals surface area contributed by atoms with Gasteiger partial charge in [0.05, 0.1) is 13.7 Å². The Morgan fingerprint density at radius 3 is 2.42 bits per heavy atom. The molecule has 0 bridgehead atoms. The van der Waals surface area contributed by atoms with Gasteiger partial charge in [0.1, 0.15) is 23.4 Å². The molecule has 0 saturated heterocycles. The highest BCUT2D eigenvalue weighted by molar-refractivity contribution is 6.30. The Hall–Kier alpha value is -3.68. The van der Waals surface area contributed by atoms with Crippen LogP contribution in [0.25, 0.3) is 5.57 Å². The topological polar surface area (TPSA) is 63.3 Å². The zero-order chi connectivity index (χ0) is 27.1. The third-order valence-corrected chi connectivity index (χ3v) is 6.57. The van der Waals surface area contributed by atoms with Gasteiger partial charge in [-0.2, -0.15) is 0 Å². The Labute approximate surface area is 229 Å². The van der Waals surface area contributed by atoms with E-state index in [1.807, 2.05) is 56.6 Å². The molecule has 1 unspecified atom stereocenters. The zero-order valence-electron chi connectivity index (χ0n) is 22.1. The highest BCUT2D eigenvalue weighted by Crippen LogP contribution is 2.36. The quantitative estimate of drug-likeness (QED) is 0.323. The molecule has 1 aliphatic heterocycles. The van der Waals surface area contributed by atoms with Crippen LogP contribution in [-0.4, -0.2) is 56.8 Å². The van der Waals surface area contributed by atoms with Crippen molar-refractivity contribution in [2.45, 2.75) is 19.0 Å². The van der Waals surface area contributed by atoms with Crippen molar-refractivity contribution in [2.75, 3.05) is 46.2 Å². The summed E-state index contributed by atoms with van der Waals surface area (Å²) in [6.45, 7) is 6.24. The number of carbonyl (C=O) groups is 1. The second-order valence-corrected chi connectivity index (χ2v) is 9.84. The first kappa shape index (κ1) is 27.4. The number of nitrogens with zero attached hydrogens (tertiary/aromatic N) is 2. The van der Waals surface area contributed by atoms with Crippen LogP contribution in [0.3, 0.4) is 0 Å². The molecule has 1 atom stereocenters. The summed E-state index contributed by atoms with van der Waals surface area (Å²) < 4.78 is 16.9. The van der Waals surface area contributed by atoms with E-state index in [0.29, 0.717) is 36.1 Å². The Morgan fingerprint density at radius 1 is 1.05 bits per heavy atom. The van der Waals surface area contributed by atoms with Crippen molar-refractivity contribution in [3.05, 3.63) is 89.5 Å². The molecule has 1 N–H and O–H groups in total. The summed E-state index contributed by atoms with van der Waals surface area (Å²) in [7, 11) is 5.68. The van der Waals surface area contributed by atoms with Crippen molar-refractivity contribution in [1.29, 1.82) is 0 Å². The van der Waals surface area contributed by atoms with E-state index in [4.69, 9.17) is 25.8 Å². The van der Waals surface area contributed by atoms with Gasteiger partial charge in [0.15, 0.2) is 0 Å². The van der Waals surface area contributed by atoms with E-state index < -0.39 is 12.3 Å². The smallest absolute Gasteiger partial charge is 0.417 e. The molecule has 1 heterocycles. The number of methoxy groups -OCH3 is 1. The normalized spacial score (nSPS) is 15.2. The van der Waals surface area contributed by atoms with Crippen LogP contribution >= 0.6 is 11.6 Å². The van der Waals surface area contributed by atoms with E-state index >= 15 is 0 Å². The summed E-state index contributed by atoms with van der Waals surface area (Å²) in [5.74, 6) is 1.90. The van der Waals surface area contributed by atoms with Gasteiger partial charge >= 0.3 is 6.09 Å². The van der Waals surface area contributed by atoms with E-state index in [-0.39, 0.29) is 0 Å². The van der Waals surface area contributed by atoms with Crippen LogP contribution in [-0.2, 0) is 0 Å². The molecular weight excluding hydrogens is 502 g/mol. The molecule has 0 aromatic heterocycles. The lowest BCUT2D eigenvalue weighted by atomic mass is 9.99. The molecule has 38 heavy (non-hydrogen) atoms. The number of halogens is 1. The Morgan fingerprint density at radius 2 is 1.74 bits per heavy atom. The number of fused-ring (bicyclic) bond motifs is 1. The molecule has 1 aliphatic rings. The standard InChI is InChI=1S/C30H34ClN3O4/c1-21-16-18-34(30(35)38-26-13-11-24(36-4)12-14-26)29(32-28-15-8-23(31)20-27(21)28)22-6-9-25(10-7-22)37-19-5-17-33(2)3/h6-15,20,29,32H,1,5,16-19H2,2-4H3. The van der Waals surface area contributed by atoms with Gasteiger partial charge in [-0.1, -0.05) is 30.3 Å². The number of benzene rings is 3. The van der Waals surface area contributed by atoms with Crippen molar-refractivity contribution < 1.29 is 19.0 Å². The summed E-state index contributed by atoms with van der Waals surface area (Å²) in [6, 6.07) is 20.4. The predicted octanol–water partition coefficient (Wildman–Crippen LogP) is 6.71. The lowest BCUT2D eigenvalue weighted by Gasteiger charge is -2.35. The first-order valence-electron chi connectivity index (χ1n) is 12.6. The Kier molecular flexibility index (Phi) is 9.15. The van der Waals surface area contributed by atoms with Gasteiger partial charge in [-0.05, 0) is 92.7 Å². The van der Waals surface area contributed by atoms with Gasteiger partial charge in [0, 0.05) is 29.4 Å². The van der Waals surface area contributed by atoms with Crippen LogP contribution < -0.4 is 19.5 Å². The maximum atomic E-state index is 13.5. The van der Waals surface area contributed by atoms with Crippen LogP contribution in [0.2, 0.25) is 5.02 Å². The summed E-state index contributed by atoms with van der Waals surface area (Å²) in [5, 5.41) is 4.17. The molecule has 0 saturated carbocycles. The molecule has 0 aliphatic carbocycles. The first-order chi connectivity index (χ1) is 18.3. The van der Waals surface area contributed by atoms with Crippen LogP contribution in [0.5, 0.6) is 17.2 Å². The fourth-order valence-electron chi connectivity index (χ4n) is 4.26. The number of ether oxygens (including phenoxy) is 3. The second kappa shape index (κ2) is 12.7. The number of hydrogen-bond donors (Lipinski definition) is 1. The average molecular weight is 536 g/mol. The highest BCUT2D eigenvalue weighted by atomic mass is 35.5. The Bertz CT molecular complexity index is 1250. The van der Waals surface area contributed by atoms with Gasteiger partial charge in [-0.25, -0.2) is 4.79 Å². The van der Waals surface area contributed by atoms with Crippen LogP contribution in [0.4, 0.5) is 10.5 Å². The molecule has 7 nitrogen and oxygen atoms in total. The van der Waals surface area contributed by atoms with E-state index in [9.17, 15) is 4.79 Å². The zero-order valence-corrected chi connectivity index (χ0v) is 22.8. The fraction of sp³-hybridized carbons (Fsp3) is 0.300. The first-order valence-corrected chi connectivity index (χ1v) is 13.0. The van der Waals surface area contributed by atoms with Crippen molar-refractivity contribution in [3.8, 4) is 17.2 Å². The number of nitrogens with one attached hydrogen (secondary N) is 1. The summed E-state index contributed by atoms with van der Waals surface area (Å²) in [6.07, 6.45) is 0.544.